The Morgan fingerprint density at radius 2 is 1.61 bits per heavy atom. The summed E-state index contributed by atoms with van der Waals surface area (Å²) >= 11 is 0. The molecular weight excluding hydrogens is 432 g/mol. The van der Waals surface area contributed by atoms with E-state index in [9.17, 15) is 26.8 Å². The summed E-state index contributed by atoms with van der Waals surface area (Å²) in [6.07, 6.45) is 1.25. The second kappa shape index (κ2) is 9.42. The first-order valence-corrected chi connectivity index (χ1v) is 11.1. The number of halogens is 2. The van der Waals surface area contributed by atoms with Crippen LogP contribution in [0.15, 0.2) is 59.5 Å². The molecule has 31 heavy (non-hydrogen) atoms. The number of nitrogens with one attached hydrogen (secondary N) is 1. The largest absolute Gasteiger partial charge is 0.454 e. The van der Waals surface area contributed by atoms with Crippen molar-refractivity contribution in [1.82, 2.24) is 0 Å². The Morgan fingerprint density at radius 3 is 2.26 bits per heavy atom. The van der Waals surface area contributed by atoms with Crippen molar-refractivity contribution in [1.29, 1.82) is 0 Å². The van der Waals surface area contributed by atoms with Crippen molar-refractivity contribution in [3.05, 3.63) is 54.6 Å². The van der Waals surface area contributed by atoms with Crippen molar-refractivity contribution in [2.75, 3.05) is 11.9 Å². The molecule has 0 aliphatic heterocycles. The molecule has 0 unspecified atom stereocenters. The summed E-state index contributed by atoms with van der Waals surface area (Å²) in [5.41, 5.74) is -0.0312. The van der Waals surface area contributed by atoms with E-state index in [2.05, 4.69) is 10.1 Å². The lowest BCUT2D eigenvalue weighted by atomic mass is 10.1. The Balaban J connectivity index is 1.71. The number of carbonyl (C=O) groups excluding carboxylic acids is 2. The zero-order chi connectivity index (χ0) is 22.5. The number of anilines is 1. The maximum absolute atomic E-state index is 13.2. The van der Waals surface area contributed by atoms with Crippen molar-refractivity contribution >= 4 is 27.4 Å². The summed E-state index contributed by atoms with van der Waals surface area (Å²) < 4.78 is 59.0. The first-order chi connectivity index (χ1) is 14.8. The lowest BCUT2D eigenvalue weighted by Gasteiger charge is -2.26. The minimum absolute atomic E-state index is 0.0105. The number of carbonyl (C=O) groups is 2. The highest BCUT2D eigenvalue weighted by Crippen LogP contribution is 2.41. The zero-order valence-corrected chi connectivity index (χ0v) is 17.2. The maximum Gasteiger partial charge on any atom is 0.387 e. The van der Waals surface area contributed by atoms with Gasteiger partial charge < -0.3 is 14.8 Å². The number of alkyl halides is 2. The number of esters is 1. The minimum atomic E-state index is -4.04. The van der Waals surface area contributed by atoms with Crippen molar-refractivity contribution in [2.45, 2.75) is 41.9 Å². The van der Waals surface area contributed by atoms with Gasteiger partial charge in [0.25, 0.3) is 5.91 Å². The van der Waals surface area contributed by atoms with E-state index in [1.165, 1.54) is 36.4 Å². The van der Waals surface area contributed by atoms with Gasteiger partial charge in [-0.1, -0.05) is 43.2 Å². The van der Waals surface area contributed by atoms with Gasteiger partial charge in [0.05, 0.1) is 10.6 Å². The van der Waals surface area contributed by atoms with Crippen LogP contribution in [0.2, 0.25) is 0 Å². The quantitative estimate of drug-likeness (QED) is 0.614. The molecule has 3 rings (SSSR count). The Labute approximate surface area is 178 Å². The van der Waals surface area contributed by atoms with Gasteiger partial charge in [0.2, 0.25) is 0 Å². The van der Waals surface area contributed by atoms with E-state index in [0.29, 0.717) is 12.8 Å². The maximum atomic E-state index is 13.2. The molecule has 0 bridgehead atoms. The van der Waals surface area contributed by atoms with Crippen molar-refractivity contribution < 1.29 is 36.3 Å². The van der Waals surface area contributed by atoms with Crippen LogP contribution in [0.25, 0.3) is 0 Å². The summed E-state index contributed by atoms with van der Waals surface area (Å²) in [7, 11) is -4.04. The van der Waals surface area contributed by atoms with Gasteiger partial charge in [-0.3, -0.25) is 9.59 Å². The number of benzene rings is 2. The molecule has 1 saturated carbocycles. The smallest absolute Gasteiger partial charge is 0.387 e. The number of hydrogen-bond acceptors (Lipinski definition) is 6. The molecule has 0 saturated heterocycles. The predicted octanol–water partition coefficient (Wildman–Crippen LogP) is 3.56. The SMILES string of the molecule is O=C(COC(=O)C1(S(=O)(=O)c2ccccc2)CCCC1)Nc1ccccc1OC(F)F. The second-order valence-corrected chi connectivity index (χ2v) is 9.28. The number of rotatable bonds is 8. The molecular formula is C21H21F2NO6S. The van der Waals surface area contributed by atoms with E-state index in [0.717, 1.165) is 0 Å². The van der Waals surface area contributed by atoms with Crippen molar-refractivity contribution in [3.63, 3.8) is 0 Å². The third-order valence-corrected chi connectivity index (χ3v) is 7.56. The molecule has 1 aliphatic carbocycles. The highest BCUT2D eigenvalue weighted by Gasteiger charge is 2.54. The summed E-state index contributed by atoms with van der Waals surface area (Å²) in [4.78, 5) is 25.1. The van der Waals surface area contributed by atoms with E-state index >= 15 is 0 Å². The molecule has 1 aliphatic rings. The van der Waals surface area contributed by atoms with Gasteiger partial charge in [-0.15, -0.1) is 0 Å². The molecule has 7 nitrogen and oxygen atoms in total. The molecule has 1 N–H and O–H groups in total. The van der Waals surface area contributed by atoms with Gasteiger partial charge in [-0.25, -0.2) is 8.42 Å². The fourth-order valence-electron chi connectivity index (χ4n) is 3.57. The first-order valence-electron chi connectivity index (χ1n) is 9.57. The van der Waals surface area contributed by atoms with Crippen LogP contribution in [0.1, 0.15) is 25.7 Å². The number of amides is 1. The lowest BCUT2D eigenvalue weighted by Crippen LogP contribution is -2.46. The van der Waals surface area contributed by atoms with Crippen LogP contribution in [0.5, 0.6) is 5.75 Å². The summed E-state index contributed by atoms with van der Waals surface area (Å²) in [6, 6.07) is 13.2. The molecule has 0 radical (unpaired) electrons. The molecule has 1 fully saturated rings. The van der Waals surface area contributed by atoms with Crippen LogP contribution < -0.4 is 10.1 Å². The topological polar surface area (TPSA) is 98.8 Å². The Hall–Kier alpha value is -3.01. The van der Waals surface area contributed by atoms with Crippen LogP contribution >= 0.6 is 0 Å². The first kappa shape index (κ1) is 22.7. The summed E-state index contributed by atoms with van der Waals surface area (Å²) in [6.45, 7) is -3.85. The highest BCUT2D eigenvalue weighted by molar-refractivity contribution is 7.93. The van der Waals surface area contributed by atoms with Crippen LogP contribution in [-0.2, 0) is 24.2 Å². The van der Waals surface area contributed by atoms with Gasteiger partial charge in [0.15, 0.2) is 21.2 Å². The van der Waals surface area contributed by atoms with E-state index in [4.69, 9.17) is 4.74 Å². The molecule has 0 aromatic heterocycles. The molecule has 1 amide bonds. The van der Waals surface area contributed by atoms with Crippen LogP contribution in [-0.4, -0.2) is 38.3 Å². The second-order valence-electron chi connectivity index (χ2n) is 7.02. The molecule has 2 aromatic rings. The van der Waals surface area contributed by atoms with Gasteiger partial charge in [0.1, 0.15) is 5.75 Å². The molecule has 0 heterocycles. The standard InChI is InChI=1S/C21H21F2NO6S/c22-20(23)30-17-11-5-4-10-16(17)24-18(25)14-29-19(26)21(12-6-7-13-21)31(27,28)15-8-2-1-3-9-15/h1-5,8-11,20H,6-7,12-14H2,(H,24,25). The molecule has 0 atom stereocenters. The van der Waals surface area contributed by atoms with Gasteiger partial charge in [0, 0.05) is 0 Å². The predicted molar refractivity (Wildman–Crippen MR) is 107 cm³/mol. The van der Waals surface area contributed by atoms with E-state index < -0.39 is 39.7 Å². The Morgan fingerprint density at radius 1 is 1.00 bits per heavy atom. The number of para-hydroxylation sites is 2. The fraction of sp³-hybridized carbons (Fsp3) is 0.333. The normalized spacial score (nSPS) is 15.5. The summed E-state index contributed by atoms with van der Waals surface area (Å²) in [5.74, 6) is -2.07. The number of hydrogen-bond donors (Lipinski definition) is 1. The fourth-order valence-corrected chi connectivity index (χ4v) is 5.64. The average Bonchev–Trinajstić information content (AvgIpc) is 3.26. The molecule has 2 aromatic carbocycles. The van der Waals surface area contributed by atoms with Gasteiger partial charge in [-0.05, 0) is 37.1 Å². The van der Waals surface area contributed by atoms with Crippen molar-refractivity contribution in [2.24, 2.45) is 0 Å². The van der Waals surface area contributed by atoms with E-state index in [1.807, 2.05) is 0 Å². The monoisotopic (exact) mass is 453 g/mol. The third kappa shape index (κ3) is 4.84. The van der Waals surface area contributed by atoms with Gasteiger partial charge >= 0.3 is 12.6 Å². The Bertz CT molecular complexity index is 1040. The highest BCUT2D eigenvalue weighted by atomic mass is 32.2. The number of ether oxygens (including phenoxy) is 2. The van der Waals surface area contributed by atoms with Crippen LogP contribution in [0.4, 0.5) is 14.5 Å². The van der Waals surface area contributed by atoms with E-state index in [-0.39, 0.29) is 29.2 Å². The van der Waals surface area contributed by atoms with Gasteiger partial charge in [-0.2, -0.15) is 8.78 Å². The van der Waals surface area contributed by atoms with Crippen molar-refractivity contribution in [3.8, 4) is 5.75 Å². The number of sulfone groups is 1. The summed E-state index contributed by atoms with van der Waals surface area (Å²) in [5, 5.41) is 2.32. The Kier molecular flexibility index (Phi) is 6.89. The lowest BCUT2D eigenvalue weighted by molar-refractivity contribution is -0.149. The zero-order valence-electron chi connectivity index (χ0n) is 16.4. The van der Waals surface area contributed by atoms with Crippen LogP contribution in [0, 0.1) is 0 Å². The van der Waals surface area contributed by atoms with E-state index in [1.54, 1.807) is 18.2 Å². The third-order valence-electron chi connectivity index (χ3n) is 5.06. The average molecular weight is 453 g/mol. The molecule has 166 valence electrons. The minimum Gasteiger partial charge on any atom is -0.454 e. The molecule has 10 heteroatoms. The molecule has 0 spiro atoms. The van der Waals surface area contributed by atoms with Crippen LogP contribution in [0.3, 0.4) is 0 Å².